The van der Waals surface area contributed by atoms with Gasteiger partial charge in [-0.15, -0.1) is 0 Å². The zero-order valence-electron chi connectivity index (χ0n) is 21.0. The molecule has 0 fully saturated rings. The number of hydrogen-bond acceptors (Lipinski definition) is 4. The van der Waals surface area contributed by atoms with Crippen molar-refractivity contribution in [3.8, 4) is 17.2 Å². The number of halogens is 3. The van der Waals surface area contributed by atoms with Crippen molar-refractivity contribution in [3.05, 3.63) is 89.0 Å². The Labute approximate surface area is 214 Å². The summed E-state index contributed by atoms with van der Waals surface area (Å²) >= 11 is 0. The Morgan fingerprint density at radius 1 is 0.973 bits per heavy atom. The van der Waals surface area contributed by atoms with Gasteiger partial charge in [-0.25, -0.2) is 0 Å². The molecule has 0 radical (unpaired) electrons. The summed E-state index contributed by atoms with van der Waals surface area (Å²) in [5.74, 6) is 1.58. The van der Waals surface area contributed by atoms with E-state index in [2.05, 4.69) is 0 Å². The van der Waals surface area contributed by atoms with Crippen LogP contribution in [-0.2, 0) is 12.6 Å². The number of alkyl halides is 3. The van der Waals surface area contributed by atoms with Gasteiger partial charge in [-0.1, -0.05) is 12.1 Å². The van der Waals surface area contributed by atoms with Gasteiger partial charge in [0.2, 0.25) is 0 Å². The first-order valence-corrected chi connectivity index (χ1v) is 12.3. The van der Waals surface area contributed by atoms with E-state index in [1.807, 2.05) is 39.0 Å². The molecule has 0 N–H and O–H groups in total. The highest BCUT2D eigenvalue weighted by Crippen LogP contribution is 2.35. The molecule has 1 atom stereocenters. The molecule has 0 aromatic heterocycles. The summed E-state index contributed by atoms with van der Waals surface area (Å²) in [6.07, 6.45) is -3.97. The fourth-order valence-corrected chi connectivity index (χ4v) is 4.42. The molecule has 4 rings (SSSR count). The number of rotatable bonds is 8. The van der Waals surface area contributed by atoms with Gasteiger partial charge in [0.05, 0.1) is 24.3 Å². The van der Waals surface area contributed by atoms with E-state index in [0.717, 1.165) is 34.8 Å². The Morgan fingerprint density at radius 3 is 2.30 bits per heavy atom. The lowest BCUT2D eigenvalue weighted by molar-refractivity contribution is -0.137. The predicted molar refractivity (Wildman–Crippen MR) is 134 cm³/mol. The Kier molecular flexibility index (Phi) is 7.95. The highest BCUT2D eigenvalue weighted by Gasteiger charge is 2.35. The van der Waals surface area contributed by atoms with E-state index in [-0.39, 0.29) is 18.3 Å². The number of fused-ring (bicyclic) bond motifs is 1. The standard InChI is InChI=1S/C29H30F3NO4/c1-4-35-23-8-10-24(11-9-23)36-18-27-26-13-12-25(37-19(2)3)17-20(26)14-15-33(27)28(34)21-6-5-7-22(16-21)29(30,31)32/h5-13,16-17,19,27H,4,14-15,18H2,1-3H3. The molecule has 1 aliphatic heterocycles. The minimum Gasteiger partial charge on any atom is -0.494 e. The summed E-state index contributed by atoms with van der Waals surface area (Å²) in [4.78, 5) is 15.1. The van der Waals surface area contributed by atoms with Gasteiger partial charge in [-0.05, 0) is 92.9 Å². The number of carbonyl (C=O) groups is 1. The average Bonchev–Trinajstić information content (AvgIpc) is 2.87. The molecule has 3 aromatic carbocycles. The molecule has 0 saturated carbocycles. The first-order chi connectivity index (χ1) is 17.7. The van der Waals surface area contributed by atoms with Crippen LogP contribution in [0.5, 0.6) is 17.2 Å². The van der Waals surface area contributed by atoms with Gasteiger partial charge >= 0.3 is 6.18 Å². The molecule has 1 heterocycles. The molecule has 1 aliphatic rings. The summed E-state index contributed by atoms with van der Waals surface area (Å²) in [7, 11) is 0. The molecule has 3 aromatic rings. The summed E-state index contributed by atoms with van der Waals surface area (Å²) in [6, 6.07) is 16.9. The predicted octanol–water partition coefficient (Wildman–Crippen LogP) is 6.71. The number of ether oxygens (including phenoxy) is 3. The summed E-state index contributed by atoms with van der Waals surface area (Å²) < 4.78 is 57.3. The number of hydrogen-bond donors (Lipinski definition) is 0. The minimum atomic E-state index is -4.53. The van der Waals surface area contributed by atoms with Crippen LogP contribution in [0.1, 0.15) is 53.9 Å². The van der Waals surface area contributed by atoms with E-state index in [4.69, 9.17) is 14.2 Å². The first-order valence-electron chi connectivity index (χ1n) is 12.3. The van der Waals surface area contributed by atoms with Gasteiger partial charge in [-0.2, -0.15) is 13.2 Å². The maximum Gasteiger partial charge on any atom is 0.416 e. The maximum atomic E-state index is 13.5. The average molecular weight is 514 g/mol. The van der Waals surface area contributed by atoms with Gasteiger partial charge in [0.1, 0.15) is 23.9 Å². The molecule has 5 nitrogen and oxygen atoms in total. The quantitative estimate of drug-likeness (QED) is 0.336. The third kappa shape index (κ3) is 6.37. The zero-order chi connectivity index (χ0) is 26.6. The Bertz CT molecular complexity index is 1220. The van der Waals surface area contributed by atoms with Gasteiger partial charge in [0.15, 0.2) is 0 Å². The summed E-state index contributed by atoms with van der Waals surface area (Å²) in [6.45, 7) is 6.82. The lowest BCUT2D eigenvalue weighted by Gasteiger charge is -2.37. The molecule has 196 valence electrons. The summed E-state index contributed by atoms with van der Waals surface area (Å²) in [5, 5.41) is 0. The van der Waals surface area contributed by atoms with Crippen molar-refractivity contribution >= 4 is 5.91 Å². The van der Waals surface area contributed by atoms with Gasteiger partial charge in [0, 0.05) is 12.1 Å². The Morgan fingerprint density at radius 2 is 1.65 bits per heavy atom. The third-order valence-electron chi connectivity index (χ3n) is 6.08. The number of benzene rings is 3. The van der Waals surface area contributed by atoms with Crippen LogP contribution < -0.4 is 14.2 Å². The fourth-order valence-electron chi connectivity index (χ4n) is 4.42. The van der Waals surface area contributed by atoms with Crippen molar-refractivity contribution < 1.29 is 32.2 Å². The SMILES string of the molecule is CCOc1ccc(OCC2c3ccc(OC(C)C)cc3CCN2C(=O)c2cccc(C(F)(F)F)c2)cc1. The van der Waals surface area contributed by atoms with Crippen molar-refractivity contribution in [2.45, 2.75) is 45.5 Å². The van der Waals surface area contributed by atoms with E-state index in [0.29, 0.717) is 25.3 Å². The van der Waals surface area contributed by atoms with Gasteiger partial charge in [-0.3, -0.25) is 4.79 Å². The maximum absolute atomic E-state index is 13.5. The molecule has 0 aliphatic carbocycles. The molecule has 37 heavy (non-hydrogen) atoms. The molecular weight excluding hydrogens is 483 g/mol. The van der Waals surface area contributed by atoms with Crippen molar-refractivity contribution in [2.75, 3.05) is 19.8 Å². The van der Waals surface area contributed by atoms with E-state index < -0.39 is 23.7 Å². The van der Waals surface area contributed by atoms with Crippen molar-refractivity contribution in [3.63, 3.8) is 0 Å². The van der Waals surface area contributed by atoms with Crippen LogP contribution in [0.25, 0.3) is 0 Å². The molecule has 1 amide bonds. The second-order valence-electron chi connectivity index (χ2n) is 9.09. The summed E-state index contributed by atoms with van der Waals surface area (Å²) in [5.41, 5.74) is 1.04. The fraction of sp³-hybridized carbons (Fsp3) is 0.345. The van der Waals surface area contributed by atoms with E-state index in [1.165, 1.54) is 12.1 Å². The molecule has 0 saturated heterocycles. The smallest absolute Gasteiger partial charge is 0.416 e. The number of nitrogens with zero attached hydrogens (tertiary/aromatic N) is 1. The molecule has 1 unspecified atom stereocenters. The van der Waals surface area contributed by atoms with Crippen LogP contribution in [0.2, 0.25) is 0 Å². The van der Waals surface area contributed by atoms with Crippen molar-refractivity contribution in [1.82, 2.24) is 4.90 Å². The Balaban J connectivity index is 1.63. The molecule has 8 heteroatoms. The van der Waals surface area contributed by atoms with E-state index >= 15 is 0 Å². The second-order valence-corrected chi connectivity index (χ2v) is 9.09. The van der Waals surface area contributed by atoms with Crippen LogP contribution >= 0.6 is 0 Å². The topological polar surface area (TPSA) is 48.0 Å². The molecular formula is C29H30F3NO4. The van der Waals surface area contributed by atoms with Crippen LogP contribution in [0.3, 0.4) is 0 Å². The van der Waals surface area contributed by atoms with Crippen LogP contribution in [0, 0.1) is 0 Å². The number of amides is 1. The minimum absolute atomic E-state index is 0.0101. The highest BCUT2D eigenvalue weighted by molar-refractivity contribution is 5.95. The third-order valence-corrected chi connectivity index (χ3v) is 6.08. The molecule has 0 spiro atoms. The van der Waals surface area contributed by atoms with Crippen LogP contribution in [0.15, 0.2) is 66.7 Å². The largest absolute Gasteiger partial charge is 0.494 e. The number of carbonyl (C=O) groups excluding carboxylic acids is 1. The second kappa shape index (κ2) is 11.2. The lowest BCUT2D eigenvalue weighted by atomic mass is 9.91. The van der Waals surface area contributed by atoms with Crippen LogP contribution in [-0.4, -0.2) is 36.7 Å². The normalized spacial score (nSPS) is 15.3. The van der Waals surface area contributed by atoms with Crippen molar-refractivity contribution in [2.24, 2.45) is 0 Å². The lowest BCUT2D eigenvalue weighted by Crippen LogP contribution is -2.42. The monoisotopic (exact) mass is 513 g/mol. The highest BCUT2D eigenvalue weighted by atomic mass is 19.4. The Hall–Kier alpha value is -3.68. The van der Waals surface area contributed by atoms with E-state index in [9.17, 15) is 18.0 Å². The molecule has 0 bridgehead atoms. The van der Waals surface area contributed by atoms with E-state index in [1.54, 1.807) is 29.2 Å². The first kappa shape index (κ1) is 26.4. The van der Waals surface area contributed by atoms with Crippen LogP contribution in [0.4, 0.5) is 13.2 Å². The van der Waals surface area contributed by atoms with Gasteiger partial charge < -0.3 is 19.1 Å². The zero-order valence-corrected chi connectivity index (χ0v) is 21.0. The van der Waals surface area contributed by atoms with Crippen molar-refractivity contribution in [1.29, 1.82) is 0 Å². The van der Waals surface area contributed by atoms with Gasteiger partial charge in [0.25, 0.3) is 5.91 Å².